The maximum atomic E-state index is 12.2. The number of hydrogen-bond acceptors (Lipinski definition) is 7. The summed E-state index contributed by atoms with van der Waals surface area (Å²) >= 11 is 4.66. The number of halogens is 1. The third-order valence-electron chi connectivity index (χ3n) is 3.46. The number of aromatic amines is 1. The highest BCUT2D eigenvalue weighted by atomic mass is 79.9. The van der Waals surface area contributed by atoms with E-state index in [4.69, 9.17) is 4.74 Å². The number of hydrazone groups is 1. The highest BCUT2D eigenvalue weighted by molar-refractivity contribution is 9.10. The molecule has 3 N–H and O–H groups in total. The van der Waals surface area contributed by atoms with Gasteiger partial charge >= 0.3 is 5.69 Å². The van der Waals surface area contributed by atoms with Crippen LogP contribution in [0.15, 0.2) is 50.1 Å². The molecule has 2 heterocycles. The Bertz CT molecular complexity index is 1060. The van der Waals surface area contributed by atoms with Gasteiger partial charge in [0.05, 0.1) is 28.4 Å². The van der Waals surface area contributed by atoms with Crippen molar-refractivity contribution in [3.05, 3.63) is 61.9 Å². The van der Waals surface area contributed by atoms with Gasteiger partial charge < -0.3 is 14.8 Å². The molecule has 0 fully saturated rings. The smallest absolute Gasteiger partial charge is 0.346 e. The zero-order valence-electron chi connectivity index (χ0n) is 13.9. The molecule has 0 radical (unpaired) electrons. The van der Waals surface area contributed by atoms with Crippen LogP contribution in [0, 0.1) is 0 Å². The number of ether oxygens (including phenoxy) is 1. The summed E-state index contributed by atoms with van der Waals surface area (Å²) in [6, 6.07) is 8.36. The Labute approximate surface area is 165 Å². The van der Waals surface area contributed by atoms with Crippen LogP contribution in [0.2, 0.25) is 0 Å². The van der Waals surface area contributed by atoms with Crippen LogP contribution in [0.3, 0.4) is 0 Å². The van der Waals surface area contributed by atoms with Crippen LogP contribution in [0.25, 0.3) is 10.6 Å². The normalized spacial score (nSPS) is 10.9. The minimum Gasteiger partial charge on any atom is -0.503 e. The number of phenols is 1. The van der Waals surface area contributed by atoms with Gasteiger partial charge in [0.25, 0.3) is 5.91 Å². The molecule has 0 saturated carbocycles. The molecule has 0 aliphatic rings. The van der Waals surface area contributed by atoms with Crippen LogP contribution in [0.4, 0.5) is 0 Å². The number of phenolic OH excluding ortho intramolecular Hbond substituents is 1. The second-order valence-electron chi connectivity index (χ2n) is 5.18. The van der Waals surface area contributed by atoms with Crippen LogP contribution < -0.4 is 15.9 Å². The fraction of sp³-hybridized carbons (Fsp3) is 0.0588. The number of methoxy groups -OCH3 is 1. The van der Waals surface area contributed by atoms with Crippen molar-refractivity contribution in [2.75, 3.05) is 7.11 Å². The average Bonchev–Trinajstić information content (AvgIpc) is 3.19. The molecule has 0 aliphatic carbocycles. The number of thiophene rings is 1. The second-order valence-corrected chi connectivity index (χ2v) is 6.92. The van der Waals surface area contributed by atoms with E-state index in [1.165, 1.54) is 30.7 Å². The van der Waals surface area contributed by atoms with Gasteiger partial charge in [0.15, 0.2) is 11.5 Å². The minimum absolute atomic E-state index is 0.0593. The van der Waals surface area contributed by atoms with E-state index in [9.17, 15) is 14.7 Å². The topological polar surface area (TPSA) is 117 Å². The maximum Gasteiger partial charge on any atom is 0.346 e. The number of carbonyl (C=O) groups excluding carboxylic acids is 1. The molecule has 2 aromatic heterocycles. The molecule has 138 valence electrons. The largest absolute Gasteiger partial charge is 0.503 e. The van der Waals surface area contributed by atoms with Crippen molar-refractivity contribution < 1.29 is 14.6 Å². The van der Waals surface area contributed by atoms with E-state index in [-0.39, 0.29) is 11.4 Å². The lowest BCUT2D eigenvalue weighted by Crippen LogP contribution is -2.24. The van der Waals surface area contributed by atoms with Gasteiger partial charge in [-0.05, 0) is 45.6 Å². The summed E-state index contributed by atoms with van der Waals surface area (Å²) in [5, 5.41) is 15.7. The second kappa shape index (κ2) is 8.14. The average molecular weight is 449 g/mol. The zero-order valence-corrected chi connectivity index (χ0v) is 16.3. The number of nitrogens with one attached hydrogen (secondary N) is 2. The van der Waals surface area contributed by atoms with E-state index in [0.717, 1.165) is 4.88 Å². The number of aromatic hydroxyl groups is 1. The number of hydrogen-bond donors (Lipinski definition) is 3. The summed E-state index contributed by atoms with van der Waals surface area (Å²) in [6.45, 7) is 0. The van der Waals surface area contributed by atoms with Gasteiger partial charge in [-0.25, -0.2) is 10.2 Å². The Morgan fingerprint density at radius 2 is 2.26 bits per heavy atom. The van der Waals surface area contributed by atoms with Gasteiger partial charge in [-0.3, -0.25) is 4.79 Å². The summed E-state index contributed by atoms with van der Waals surface area (Å²) in [6.07, 6.45) is 1.34. The lowest BCUT2D eigenvalue weighted by Gasteiger charge is -2.07. The third kappa shape index (κ3) is 4.23. The first-order chi connectivity index (χ1) is 13.0. The molecule has 0 aliphatic heterocycles. The van der Waals surface area contributed by atoms with Crippen molar-refractivity contribution in [3.63, 3.8) is 0 Å². The standard InChI is InChI=1S/C17H13BrN4O4S/c1-26-12-5-4-9(14(18)15(12)23)8-19-22-16(24)11-7-10(20-17(25)21-11)13-3-2-6-27-13/h2-8,23H,1H3,(H,22,24)(H,20,21,25)/b19-8+. The van der Waals surface area contributed by atoms with E-state index >= 15 is 0 Å². The fourth-order valence-electron chi connectivity index (χ4n) is 2.18. The van der Waals surface area contributed by atoms with Crippen LogP contribution in [-0.2, 0) is 0 Å². The molecular formula is C17H13BrN4O4S. The van der Waals surface area contributed by atoms with Crippen LogP contribution in [0.1, 0.15) is 16.1 Å². The van der Waals surface area contributed by atoms with Crippen molar-refractivity contribution in [3.8, 4) is 22.1 Å². The summed E-state index contributed by atoms with van der Waals surface area (Å²) in [7, 11) is 1.44. The predicted octanol–water partition coefficient (Wildman–Crippen LogP) is 2.74. The highest BCUT2D eigenvalue weighted by Crippen LogP contribution is 2.35. The molecule has 0 saturated heterocycles. The van der Waals surface area contributed by atoms with Crippen molar-refractivity contribution >= 4 is 39.4 Å². The molecule has 0 unspecified atom stereocenters. The first kappa shape index (κ1) is 18.8. The molecule has 1 aromatic carbocycles. The monoisotopic (exact) mass is 448 g/mol. The SMILES string of the molecule is COc1ccc(/C=N/NC(=O)c2cc(-c3cccs3)[nH]c(=O)n2)c(Br)c1O. The number of H-pyrrole nitrogens is 1. The van der Waals surface area contributed by atoms with E-state index in [2.05, 4.69) is 36.4 Å². The summed E-state index contributed by atoms with van der Waals surface area (Å²) in [5.41, 5.74) is 2.64. The lowest BCUT2D eigenvalue weighted by molar-refractivity contribution is 0.0949. The molecule has 0 spiro atoms. The predicted molar refractivity (Wildman–Crippen MR) is 106 cm³/mol. The Kier molecular flexibility index (Phi) is 5.67. The van der Waals surface area contributed by atoms with Crippen LogP contribution >= 0.6 is 27.3 Å². The lowest BCUT2D eigenvalue weighted by atomic mass is 10.2. The quantitative estimate of drug-likeness (QED) is 0.409. The summed E-state index contributed by atoms with van der Waals surface area (Å²) < 4.78 is 5.37. The number of carbonyl (C=O) groups is 1. The van der Waals surface area contributed by atoms with Crippen molar-refractivity contribution in [2.24, 2.45) is 5.10 Å². The van der Waals surface area contributed by atoms with Gasteiger partial charge in [-0.1, -0.05) is 6.07 Å². The number of rotatable bonds is 5. The van der Waals surface area contributed by atoms with Gasteiger partial charge in [0.1, 0.15) is 5.69 Å². The number of amides is 1. The first-order valence-electron chi connectivity index (χ1n) is 7.53. The number of aromatic nitrogens is 2. The van der Waals surface area contributed by atoms with Crippen molar-refractivity contribution in [2.45, 2.75) is 0 Å². The molecular weight excluding hydrogens is 436 g/mol. The Morgan fingerprint density at radius 3 is 2.96 bits per heavy atom. The van der Waals surface area contributed by atoms with Gasteiger partial charge in [-0.2, -0.15) is 10.1 Å². The molecule has 0 bridgehead atoms. The molecule has 0 atom stereocenters. The van der Waals surface area contributed by atoms with Crippen molar-refractivity contribution in [1.82, 2.24) is 15.4 Å². The zero-order chi connectivity index (χ0) is 19.4. The first-order valence-corrected chi connectivity index (χ1v) is 9.21. The third-order valence-corrected chi connectivity index (χ3v) is 5.20. The fourth-order valence-corrected chi connectivity index (χ4v) is 3.31. The Hall–Kier alpha value is -2.98. The maximum absolute atomic E-state index is 12.2. The Balaban J connectivity index is 1.78. The Morgan fingerprint density at radius 1 is 1.44 bits per heavy atom. The molecule has 27 heavy (non-hydrogen) atoms. The van der Waals surface area contributed by atoms with Gasteiger partial charge in [-0.15, -0.1) is 11.3 Å². The van der Waals surface area contributed by atoms with Gasteiger partial charge in [0.2, 0.25) is 0 Å². The van der Waals surface area contributed by atoms with E-state index in [0.29, 0.717) is 21.5 Å². The summed E-state index contributed by atoms with van der Waals surface area (Å²) in [4.78, 5) is 31.0. The van der Waals surface area contributed by atoms with E-state index in [1.807, 2.05) is 17.5 Å². The van der Waals surface area contributed by atoms with E-state index in [1.54, 1.807) is 12.1 Å². The highest BCUT2D eigenvalue weighted by Gasteiger charge is 2.12. The van der Waals surface area contributed by atoms with Gasteiger partial charge in [0, 0.05) is 5.56 Å². The molecule has 1 amide bonds. The molecule has 3 aromatic rings. The number of nitrogens with zero attached hydrogens (tertiary/aromatic N) is 2. The summed E-state index contributed by atoms with van der Waals surface area (Å²) in [5.74, 6) is -0.412. The molecule has 10 heteroatoms. The molecule has 8 nitrogen and oxygen atoms in total. The van der Waals surface area contributed by atoms with Crippen LogP contribution in [0.5, 0.6) is 11.5 Å². The van der Waals surface area contributed by atoms with Crippen molar-refractivity contribution in [1.29, 1.82) is 0 Å². The molecule has 3 rings (SSSR count). The number of benzene rings is 1. The van der Waals surface area contributed by atoms with E-state index < -0.39 is 11.6 Å². The van der Waals surface area contributed by atoms with Crippen LogP contribution in [-0.4, -0.2) is 34.3 Å². The minimum atomic E-state index is -0.635.